The third kappa shape index (κ3) is 5.18. The van der Waals surface area contributed by atoms with Crippen LogP contribution in [0.2, 0.25) is 0 Å². The zero-order valence-corrected chi connectivity index (χ0v) is 11.4. The van der Waals surface area contributed by atoms with Crippen molar-refractivity contribution in [2.45, 2.75) is 19.4 Å². The maximum atomic E-state index is 11.4. The van der Waals surface area contributed by atoms with Crippen molar-refractivity contribution < 1.29 is 19.4 Å². The van der Waals surface area contributed by atoms with Crippen LogP contribution in [-0.4, -0.2) is 29.6 Å². The summed E-state index contributed by atoms with van der Waals surface area (Å²) in [5.74, 6) is -0.750. The monoisotopic (exact) mass is 315 g/mol. The summed E-state index contributed by atoms with van der Waals surface area (Å²) in [7, 11) is 0. The van der Waals surface area contributed by atoms with Crippen molar-refractivity contribution in [1.29, 1.82) is 0 Å². The van der Waals surface area contributed by atoms with E-state index in [4.69, 9.17) is 9.84 Å². The quantitative estimate of drug-likeness (QED) is 0.839. The summed E-state index contributed by atoms with van der Waals surface area (Å²) >= 11 is 3.31. The van der Waals surface area contributed by atoms with Crippen LogP contribution in [0.15, 0.2) is 28.7 Å². The Morgan fingerprint density at radius 2 is 2.22 bits per heavy atom. The van der Waals surface area contributed by atoms with Gasteiger partial charge in [0.05, 0.1) is 13.0 Å². The number of aliphatic carboxylic acids is 1. The predicted molar refractivity (Wildman–Crippen MR) is 69.5 cm³/mol. The molecule has 1 amide bonds. The topological polar surface area (TPSA) is 75.6 Å². The summed E-state index contributed by atoms with van der Waals surface area (Å²) in [6, 6.07) is 6.38. The van der Waals surface area contributed by atoms with Crippen molar-refractivity contribution in [1.82, 2.24) is 5.32 Å². The molecule has 0 aromatic heterocycles. The van der Waals surface area contributed by atoms with E-state index in [2.05, 4.69) is 21.2 Å². The van der Waals surface area contributed by atoms with E-state index in [-0.39, 0.29) is 18.9 Å². The van der Waals surface area contributed by atoms with Gasteiger partial charge in [0.2, 0.25) is 5.91 Å². The number of ether oxygens (including phenoxy) is 1. The minimum Gasteiger partial charge on any atom is -0.493 e. The molecular formula is C12H14BrNO4. The average molecular weight is 316 g/mol. The highest BCUT2D eigenvalue weighted by atomic mass is 79.9. The fourth-order valence-electron chi connectivity index (χ4n) is 1.19. The first kappa shape index (κ1) is 14.5. The molecule has 5 nitrogen and oxygen atoms in total. The molecule has 0 aliphatic heterocycles. The smallest absolute Gasteiger partial charge is 0.325 e. The average Bonchev–Trinajstić information content (AvgIpc) is 2.28. The van der Waals surface area contributed by atoms with Gasteiger partial charge in [-0.2, -0.15) is 0 Å². The minimum absolute atomic E-state index is 0.115. The largest absolute Gasteiger partial charge is 0.493 e. The number of rotatable bonds is 6. The molecular weight excluding hydrogens is 302 g/mol. The Bertz CT molecular complexity index is 436. The lowest BCUT2D eigenvalue weighted by Gasteiger charge is -2.10. The van der Waals surface area contributed by atoms with Crippen molar-refractivity contribution >= 4 is 27.8 Å². The summed E-state index contributed by atoms with van der Waals surface area (Å²) < 4.78 is 6.25. The highest BCUT2D eigenvalue weighted by Crippen LogP contribution is 2.17. The second-order valence-electron chi connectivity index (χ2n) is 3.68. The fourth-order valence-corrected chi connectivity index (χ4v) is 1.57. The van der Waals surface area contributed by atoms with E-state index in [1.54, 1.807) is 12.1 Å². The molecule has 0 aliphatic carbocycles. The molecule has 1 aromatic carbocycles. The molecule has 0 unspecified atom stereocenters. The molecule has 0 bridgehead atoms. The van der Waals surface area contributed by atoms with Crippen LogP contribution in [0.1, 0.15) is 13.3 Å². The van der Waals surface area contributed by atoms with Crippen LogP contribution in [0.5, 0.6) is 5.75 Å². The number of nitrogens with one attached hydrogen (secondary N) is 1. The number of carbonyl (C=O) groups excluding carboxylic acids is 1. The molecule has 6 heteroatoms. The van der Waals surface area contributed by atoms with Gasteiger partial charge in [-0.1, -0.05) is 22.0 Å². The molecule has 0 radical (unpaired) electrons. The second kappa shape index (κ2) is 7.00. The molecule has 0 saturated heterocycles. The number of halogens is 1. The van der Waals surface area contributed by atoms with E-state index in [1.165, 1.54) is 6.92 Å². The van der Waals surface area contributed by atoms with Gasteiger partial charge >= 0.3 is 5.97 Å². The first-order valence-corrected chi connectivity index (χ1v) is 6.19. The van der Waals surface area contributed by atoms with Gasteiger partial charge in [0.1, 0.15) is 11.8 Å². The number of hydrogen-bond acceptors (Lipinski definition) is 3. The van der Waals surface area contributed by atoms with Crippen LogP contribution in [-0.2, 0) is 9.59 Å². The zero-order valence-electron chi connectivity index (χ0n) is 9.85. The third-order valence-electron chi connectivity index (χ3n) is 2.14. The van der Waals surface area contributed by atoms with Gasteiger partial charge in [-0.05, 0) is 25.1 Å². The first-order valence-electron chi connectivity index (χ1n) is 5.39. The number of hydrogen-bond donors (Lipinski definition) is 2. The van der Waals surface area contributed by atoms with Gasteiger partial charge < -0.3 is 15.2 Å². The lowest BCUT2D eigenvalue weighted by molar-refractivity contribution is -0.141. The lowest BCUT2D eigenvalue weighted by Crippen LogP contribution is -2.38. The van der Waals surface area contributed by atoms with Crippen molar-refractivity contribution in [2.24, 2.45) is 0 Å². The van der Waals surface area contributed by atoms with Crippen molar-refractivity contribution in [3.05, 3.63) is 28.7 Å². The molecule has 98 valence electrons. The summed E-state index contributed by atoms with van der Waals surface area (Å²) in [4.78, 5) is 21.9. The minimum atomic E-state index is -1.06. The Balaban J connectivity index is 2.29. The van der Waals surface area contributed by atoms with Gasteiger partial charge in [0, 0.05) is 4.47 Å². The van der Waals surface area contributed by atoms with Crippen molar-refractivity contribution in [3.8, 4) is 5.75 Å². The molecule has 1 rings (SSSR count). The summed E-state index contributed by atoms with van der Waals surface area (Å²) in [5, 5.41) is 11.0. The van der Waals surface area contributed by atoms with E-state index in [0.29, 0.717) is 5.75 Å². The molecule has 1 atom stereocenters. The van der Waals surface area contributed by atoms with Crippen LogP contribution in [0.3, 0.4) is 0 Å². The van der Waals surface area contributed by atoms with Gasteiger partial charge in [-0.15, -0.1) is 0 Å². The predicted octanol–water partition coefficient (Wildman–Crippen LogP) is 1.81. The number of carboxylic acid groups (broad SMARTS) is 1. The third-order valence-corrected chi connectivity index (χ3v) is 2.64. The maximum Gasteiger partial charge on any atom is 0.325 e. The second-order valence-corrected chi connectivity index (χ2v) is 4.60. The summed E-state index contributed by atoms with van der Waals surface area (Å²) in [6.45, 7) is 1.62. The Morgan fingerprint density at radius 1 is 1.50 bits per heavy atom. The molecule has 0 fully saturated rings. The molecule has 0 aliphatic rings. The standard InChI is InChI=1S/C12H14BrNO4/c1-8(12(16)17)14-11(15)5-6-18-10-4-2-3-9(13)7-10/h2-4,7-8H,5-6H2,1H3,(H,14,15)(H,16,17)/t8-/m0/s1. The number of carboxylic acids is 1. The first-order chi connectivity index (χ1) is 8.49. The van der Waals surface area contributed by atoms with Crippen LogP contribution < -0.4 is 10.1 Å². The van der Waals surface area contributed by atoms with Crippen LogP contribution in [0.25, 0.3) is 0 Å². The highest BCUT2D eigenvalue weighted by Gasteiger charge is 2.13. The van der Waals surface area contributed by atoms with Gasteiger partial charge in [-0.3, -0.25) is 9.59 Å². The SMILES string of the molecule is C[C@H](NC(=O)CCOc1cccc(Br)c1)C(=O)O. The van der Waals surface area contributed by atoms with Crippen LogP contribution >= 0.6 is 15.9 Å². The fraction of sp³-hybridized carbons (Fsp3) is 0.333. The Kier molecular flexibility index (Phi) is 5.64. The van der Waals surface area contributed by atoms with E-state index in [9.17, 15) is 9.59 Å². The highest BCUT2D eigenvalue weighted by molar-refractivity contribution is 9.10. The molecule has 0 heterocycles. The molecule has 1 aromatic rings. The van der Waals surface area contributed by atoms with Crippen LogP contribution in [0.4, 0.5) is 0 Å². The summed E-state index contributed by atoms with van der Waals surface area (Å²) in [6.07, 6.45) is 0.115. The van der Waals surface area contributed by atoms with E-state index >= 15 is 0 Å². The normalized spacial score (nSPS) is 11.7. The number of benzene rings is 1. The van der Waals surface area contributed by atoms with Gasteiger partial charge in [0.25, 0.3) is 0 Å². The van der Waals surface area contributed by atoms with Crippen molar-refractivity contribution in [2.75, 3.05) is 6.61 Å². The lowest BCUT2D eigenvalue weighted by atomic mass is 10.3. The zero-order chi connectivity index (χ0) is 13.5. The van der Waals surface area contributed by atoms with Crippen LogP contribution in [0, 0.1) is 0 Å². The van der Waals surface area contributed by atoms with Gasteiger partial charge in [0.15, 0.2) is 0 Å². The maximum absolute atomic E-state index is 11.4. The van der Waals surface area contributed by atoms with Crippen molar-refractivity contribution in [3.63, 3.8) is 0 Å². The molecule has 0 saturated carbocycles. The van der Waals surface area contributed by atoms with Gasteiger partial charge in [-0.25, -0.2) is 0 Å². The van der Waals surface area contributed by atoms with E-state index in [0.717, 1.165) is 4.47 Å². The molecule has 2 N–H and O–H groups in total. The molecule has 0 spiro atoms. The summed E-state index contributed by atoms with van der Waals surface area (Å²) in [5.41, 5.74) is 0. The number of amides is 1. The Hall–Kier alpha value is -1.56. The molecule has 18 heavy (non-hydrogen) atoms. The van der Waals surface area contributed by atoms with E-state index < -0.39 is 12.0 Å². The Morgan fingerprint density at radius 3 is 2.83 bits per heavy atom. The Labute approximate surface area is 113 Å². The van der Waals surface area contributed by atoms with E-state index in [1.807, 2.05) is 12.1 Å². The number of carbonyl (C=O) groups is 2.